The van der Waals surface area contributed by atoms with E-state index < -0.39 is 0 Å². The third kappa shape index (κ3) is 2.43. The van der Waals surface area contributed by atoms with Crippen LogP contribution in [0.3, 0.4) is 0 Å². The van der Waals surface area contributed by atoms with Crippen molar-refractivity contribution in [2.75, 3.05) is 5.48 Å². The molecule has 3 aromatic rings. The molecule has 0 spiro atoms. The van der Waals surface area contributed by atoms with Gasteiger partial charge in [0, 0.05) is 10.9 Å². The Morgan fingerprint density at radius 2 is 1.95 bits per heavy atom. The van der Waals surface area contributed by atoms with Crippen LogP contribution >= 0.6 is 0 Å². The normalized spacial score (nSPS) is 10.6. The number of hydrogen-bond acceptors (Lipinski definition) is 3. The van der Waals surface area contributed by atoms with E-state index in [4.69, 9.17) is 5.21 Å². The Kier molecular flexibility index (Phi) is 3.82. The zero-order chi connectivity index (χ0) is 15.5. The summed E-state index contributed by atoms with van der Waals surface area (Å²) < 4.78 is 0. The Morgan fingerprint density at radius 3 is 2.59 bits per heavy atom. The Labute approximate surface area is 129 Å². The van der Waals surface area contributed by atoms with Gasteiger partial charge in [0.25, 0.3) is 0 Å². The first-order chi connectivity index (χ1) is 10.8. The number of fused-ring (bicyclic) bond motifs is 1. The summed E-state index contributed by atoms with van der Waals surface area (Å²) in [4.78, 5) is 3.36. The number of nitrogens with one attached hydrogen (secondary N) is 2. The van der Waals surface area contributed by atoms with Crippen molar-refractivity contribution in [3.63, 3.8) is 0 Å². The Bertz CT molecular complexity index is 841. The summed E-state index contributed by atoms with van der Waals surface area (Å²) in [5.41, 5.74) is 7.37. The van der Waals surface area contributed by atoms with Crippen molar-refractivity contribution in [2.24, 2.45) is 0 Å². The van der Waals surface area contributed by atoms with Gasteiger partial charge in [0.15, 0.2) is 0 Å². The van der Waals surface area contributed by atoms with E-state index in [1.54, 1.807) is 12.1 Å². The molecule has 0 amide bonds. The Hall–Kier alpha value is -2.77. The van der Waals surface area contributed by atoms with Gasteiger partial charge in [-0.1, -0.05) is 37.6 Å². The largest absolute Gasteiger partial charge is 0.353 e. The first kappa shape index (κ1) is 14.2. The lowest BCUT2D eigenvalue weighted by Gasteiger charge is -2.01. The molecule has 0 saturated heterocycles. The second-order valence-electron chi connectivity index (χ2n) is 5.31. The average molecular weight is 291 g/mol. The summed E-state index contributed by atoms with van der Waals surface area (Å²) in [7, 11) is 0. The monoisotopic (exact) mass is 291 g/mol. The fourth-order valence-corrected chi connectivity index (χ4v) is 2.73. The van der Waals surface area contributed by atoms with Gasteiger partial charge in [-0.2, -0.15) is 5.26 Å². The highest BCUT2D eigenvalue weighted by atomic mass is 16.5. The highest BCUT2D eigenvalue weighted by molar-refractivity contribution is 5.93. The van der Waals surface area contributed by atoms with E-state index in [-0.39, 0.29) is 0 Å². The summed E-state index contributed by atoms with van der Waals surface area (Å²) in [5.74, 6) is 0. The lowest BCUT2D eigenvalue weighted by molar-refractivity contribution is 0.389. The first-order valence-electron chi connectivity index (χ1n) is 7.32. The van der Waals surface area contributed by atoms with Crippen LogP contribution in [0.15, 0.2) is 42.5 Å². The van der Waals surface area contributed by atoms with Crippen molar-refractivity contribution >= 4 is 16.6 Å². The van der Waals surface area contributed by atoms with Crippen LogP contribution in [-0.4, -0.2) is 10.2 Å². The number of anilines is 1. The summed E-state index contributed by atoms with van der Waals surface area (Å²) in [5, 5.41) is 19.3. The highest BCUT2D eigenvalue weighted by Crippen LogP contribution is 2.31. The van der Waals surface area contributed by atoms with Crippen LogP contribution in [0, 0.1) is 11.3 Å². The quantitative estimate of drug-likeness (QED) is 0.621. The SMILES string of the molecule is CCCc1ccc2c(C#N)c(-c3ccc(NO)cc3)[nH]c2c1. The number of benzene rings is 2. The van der Waals surface area contributed by atoms with E-state index in [0.717, 1.165) is 35.0 Å². The van der Waals surface area contributed by atoms with E-state index in [1.165, 1.54) is 5.56 Å². The van der Waals surface area contributed by atoms with Gasteiger partial charge < -0.3 is 4.98 Å². The van der Waals surface area contributed by atoms with Gasteiger partial charge in [-0.3, -0.25) is 10.7 Å². The van der Waals surface area contributed by atoms with Crippen LogP contribution in [-0.2, 0) is 6.42 Å². The lowest BCUT2D eigenvalue weighted by Crippen LogP contribution is -1.88. The molecule has 0 radical (unpaired) electrons. The van der Waals surface area contributed by atoms with Gasteiger partial charge in [-0.05, 0) is 35.7 Å². The van der Waals surface area contributed by atoms with Crippen molar-refractivity contribution in [3.05, 3.63) is 53.6 Å². The molecule has 0 atom stereocenters. The molecule has 2 aromatic carbocycles. The number of nitriles is 1. The van der Waals surface area contributed by atoms with Crippen LogP contribution in [0.2, 0.25) is 0 Å². The van der Waals surface area contributed by atoms with Gasteiger partial charge in [0.1, 0.15) is 6.07 Å². The molecule has 4 heteroatoms. The van der Waals surface area contributed by atoms with E-state index >= 15 is 0 Å². The second-order valence-corrected chi connectivity index (χ2v) is 5.31. The second kappa shape index (κ2) is 5.92. The number of hydrogen-bond donors (Lipinski definition) is 3. The minimum Gasteiger partial charge on any atom is -0.353 e. The zero-order valence-electron chi connectivity index (χ0n) is 12.4. The van der Waals surface area contributed by atoms with Crippen LogP contribution in [0.5, 0.6) is 0 Å². The first-order valence-corrected chi connectivity index (χ1v) is 7.32. The molecule has 1 aromatic heterocycles. The van der Waals surface area contributed by atoms with Crippen molar-refractivity contribution in [3.8, 4) is 17.3 Å². The molecule has 110 valence electrons. The molecule has 3 rings (SSSR count). The molecular formula is C18H17N3O. The molecule has 1 heterocycles. The average Bonchev–Trinajstić information content (AvgIpc) is 2.93. The fraction of sp³-hybridized carbons (Fsp3) is 0.167. The number of aromatic amines is 1. The molecule has 22 heavy (non-hydrogen) atoms. The van der Waals surface area contributed by atoms with Crippen LogP contribution in [0.4, 0.5) is 5.69 Å². The third-order valence-corrected chi connectivity index (χ3v) is 3.82. The summed E-state index contributed by atoms with van der Waals surface area (Å²) in [6, 6.07) is 15.8. The minimum atomic E-state index is 0.614. The van der Waals surface area contributed by atoms with Crippen molar-refractivity contribution in [1.82, 2.24) is 4.98 Å². The van der Waals surface area contributed by atoms with Gasteiger partial charge in [0.2, 0.25) is 0 Å². The smallest absolute Gasteiger partial charge is 0.102 e. The number of aromatic nitrogens is 1. The fourth-order valence-electron chi connectivity index (χ4n) is 2.73. The molecule has 0 aliphatic heterocycles. The molecule has 4 nitrogen and oxygen atoms in total. The van der Waals surface area contributed by atoms with E-state index in [9.17, 15) is 5.26 Å². The van der Waals surface area contributed by atoms with Crippen LogP contribution in [0.25, 0.3) is 22.2 Å². The van der Waals surface area contributed by atoms with Crippen LogP contribution < -0.4 is 5.48 Å². The maximum absolute atomic E-state index is 9.52. The van der Waals surface area contributed by atoms with Gasteiger partial charge in [-0.15, -0.1) is 0 Å². The molecule has 0 fully saturated rings. The predicted octanol–water partition coefficient (Wildman–Crippen LogP) is 4.46. The third-order valence-electron chi connectivity index (χ3n) is 3.82. The number of H-pyrrole nitrogens is 1. The minimum absolute atomic E-state index is 0.614. The molecule has 0 aliphatic rings. The van der Waals surface area contributed by atoms with E-state index in [2.05, 4.69) is 35.6 Å². The molecule has 0 bridgehead atoms. The maximum atomic E-state index is 9.52. The Morgan fingerprint density at radius 1 is 1.18 bits per heavy atom. The number of nitrogens with zero attached hydrogens (tertiary/aromatic N) is 1. The maximum Gasteiger partial charge on any atom is 0.102 e. The number of rotatable bonds is 4. The topological polar surface area (TPSA) is 71.8 Å². The molecule has 3 N–H and O–H groups in total. The predicted molar refractivity (Wildman–Crippen MR) is 87.9 cm³/mol. The van der Waals surface area contributed by atoms with Gasteiger partial charge >= 0.3 is 0 Å². The summed E-state index contributed by atoms with van der Waals surface area (Å²) in [6.45, 7) is 2.15. The lowest BCUT2D eigenvalue weighted by atomic mass is 10.0. The Balaban J connectivity index is 2.13. The molecular weight excluding hydrogens is 274 g/mol. The number of aryl methyl sites for hydroxylation is 1. The highest BCUT2D eigenvalue weighted by Gasteiger charge is 2.13. The standard InChI is InChI=1S/C18H17N3O/c1-2-3-12-4-9-15-16(11-19)18(20-17(15)10-12)13-5-7-14(21-22)8-6-13/h4-10,20-22H,2-3H2,1H3. The summed E-state index contributed by atoms with van der Waals surface area (Å²) >= 11 is 0. The molecule has 0 saturated carbocycles. The van der Waals surface area contributed by atoms with Crippen molar-refractivity contribution in [2.45, 2.75) is 19.8 Å². The molecule has 0 unspecified atom stereocenters. The van der Waals surface area contributed by atoms with Gasteiger partial charge in [0.05, 0.1) is 16.9 Å². The van der Waals surface area contributed by atoms with Gasteiger partial charge in [-0.25, -0.2) is 0 Å². The molecule has 0 aliphatic carbocycles. The van der Waals surface area contributed by atoms with E-state index in [0.29, 0.717) is 11.3 Å². The summed E-state index contributed by atoms with van der Waals surface area (Å²) in [6.07, 6.45) is 2.13. The van der Waals surface area contributed by atoms with E-state index in [1.807, 2.05) is 18.2 Å². The van der Waals surface area contributed by atoms with Crippen molar-refractivity contribution in [1.29, 1.82) is 5.26 Å². The van der Waals surface area contributed by atoms with Crippen molar-refractivity contribution < 1.29 is 5.21 Å². The zero-order valence-corrected chi connectivity index (χ0v) is 12.4. The van der Waals surface area contributed by atoms with Crippen LogP contribution in [0.1, 0.15) is 24.5 Å².